The second-order valence-electron chi connectivity index (χ2n) is 5.81. The van der Waals surface area contributed by atoms with Crippen LogP contribution in [0.3, 0.4) is 0 Å². The summed E-state index contributed by atoms with van der Waals surface area (Å²) in [7, 11) is 1.71. The molecule has 1 saturated heterocycles. The minimum atomic E-state index is 0.254. The number of ether oxygens (including phenoxy) is 2. The molecule has 2 rings (SSSR count). The second kappa shape index (κ2) is 8.48. The Hall–Kier alpha value is -0.950. The SMILES string of the molecule is COCCNCc1cn(CC2CN(C(C)C)CCO2)cn1. The highest BCUT2D eigenvalue weighted by Crippen LogP contribution is 2.11. The number of nitrogens with one attached hydrogen (secondary N) is 1. The molecule has 1 aliphatic heterocycles. The van der Waals surface area contributed by atoms with Gasteiger partial charge in [-0.05, 0) is 13.8 Å². The Morgan fingerprint density at radius 2 is 2.38 bits per heavy atom. The molecule has 1 N–H and O–H groups in total. The Morgan fingerprint density at radius 1 is 1.52 bits per heavy atom. The third kappa shape index (κ3) is 5.39. The van der Waals surface area contributed by atoms with E-state index in [4.69, 9.17) is 9.47 Å². The Kier molecular flexibility index (Phi) is 6.63. The highest BCUT2D eigenvalue weighted by Gasteiger charge is 2.22. The van der Waals surface area contributed by atoms with Gasteiger partial charge in [0.15, 0.2) is 0 Å². The van der Waals surface area contributed by atoms with Crippen molar-refractivity contribution in [1.29, 1.82) is 0 Å². The van der Waals surface area contributed by atoms with E-state index in [0.717, 1.165) is 51.6 Å². The van der Waals surface area contributed by atoms with Crippen LogP contribution in [0.2, 0.25) is 0 Å². The van der Waals surface area contributed by atoms with E-state index >= 15 is 0 Å². The molecule has 0 spiro atoms. The Bertz CT molecular complexity index is 408. The van der Waals surface area contributed by atoms with Crippen LogP contribution >= 0.6 is 0 Å². The summed E-state index contributed by atoms with van der Waals surface area (Å²) in [5, 5.41) is 3.30. The molecule has 0 amide bonds. The predicted molar refractivity (Wildman–Crippen MR) is 82.3 cm³/mol. The second-order valence-corrected chi connectivity index (χ2v) is 5.81. The van der Waals surface area contributed by atoms with Crippen molar-refractivity contribution in [3.05, 3.63) is 18.2 Å². The molecular weight excluding hydrogens is 268 g/mol. The van der Waals surface area contributed by atoms with Crippen LogP contribution < -0.4 is 5.32 Å². The van der Waals surface area contributed by atoms with Crippen LogP contribution in [0, 0.1) is 0 Å². The van der Waals surface area contributed by atoms with Crippen LogP contribution in [-0.4, -0.2) is 66.6 Å². The molecular formula is C15H28N4O2. The molecule has 1 aromatic rings. The minimum Gasteiger partial charge on any atom is -0.383 e. The van der Waals surface area contributed by atoms with Crippen LogP contribution in [0.25, 0.3) is 0 Å². The van der Waals surface area contributed by atoms with Gasteiger partial charge < -0.3 is 19.4 Å². The van der Waals surface area contributed by atoms with Gasteiger partial charge in [0.25, 0.3) is 0 Å². The van der Waals surface area contributed by atoms with Crippen molar-refractivity contribution in [2.24, 2.45) is 0 Å². The summed E-state index contributed by atoms with van der Waals surface area (Å²) in [5.41, 5.74) is 1.06. The molecule has 0 saturated carbocycles. The summed E-state index contributed by atoms with van der Waals surface area (Å²) in [6.45, 7) is 10.5. The molecule has 1 unspecified atom stereocenters. The molecule has 0 bridgehead atoms. The van der Waals surface area contributed by atoms with Gasteiger partial charge in [0, 0.05) is 45.5 Å². The first-order valence-corrected chi connectivity index (χ1v) is 7.75. The largest absolute Gasteiger partial charge is 0.383 e. The molecule has 2 heterocycles. The number of morpholine rings is 1. The molecule has 120 valence electrons. The fourth-order valence-electron chi connectivity index (χ4n) is 2.54. The van der Waals surface area contributed by atoms with E-state index in [0.29, 0.717) is 6.04 Å². The molecule has 0 radical (unpaired) electrons. The van der Waals surface area contributed by atoms with E-state index in [-0.39, 0.29) is 6.10 Å². The number of hydrogen-bond donors (Lipinski definition) is 1. The lowest BCUT2D eigenvalue weighted by molar-refractivity contribution is -0.0456. The van der Waals surface area contributed by atoms with Crippen molar-refractivity contribution in [2.75, 3.05) is 40.0 Å². The van der Waals surface area contributed by atoms with E-state index in [9.17, 15) is 0 Å². The van der Waals surface area contributed by atoms with Crippen molar-refractivity contribution in [2.45, 2.75) is 39.1 Å². The summed E-state index contributed by atoms with van der Waals surface area (Å²) in [6, 6.07) is 0.583. The van der Waals surface area contributed by atoms with Crippen LogP contribution in [-0.2, 0) is 22.6 Å². The fraction of sp³-hybridized carbons (Fsp3) is 0.800. The average Bonchev–Trinajstić information content (AvgIpc) is 2.91. The number of nitrogens with zero attached hydrogens (tertiary/aromatic N) is 3. The zero-order valence-electron chi connectivity index (χ0n) is 13.4. The zero-order chi connectivity index (χ0) is 15.1. The van der Waals surface area contributed by atoms with E-state index in [1.807, 2.05) is 6.33 Å². The van der Waals surface area contributed by atoms with Crippen molar-refractivity contribution >= 4 is 0 Å². The molecule has 0 aromatic carbocycles. The number of hydrogen-bond acceptors (Lipinski definition) is 5. The zero-order valence-corrected chi connectivity index (χ0v) is 13.4. The van der Waals surface area contributed by atoms with Crippen LogP contribution in [0.5, 0.6) is 0 Å². The van der Waals surface area contributed by atoms with Gasteiger partial charge >= 0.3 is 0 Å². The lowest BCUT2D eigenvalue weighted by Gasteiger charge is -2.35. The van der Waals surface area contributed by atoms with Gasteiger partial charge in [-0.15, -0.1) is 0 Å². The van der Waals surface area contributed by atoms with E-state index in [2.05, 4.69) is 39.8 Å². The normalized spacial score (nSPS) is 20.3. The molecule has 1 fully saturated rings. The first kappa shape index (κ1) is 16.4. The quantitative estimate of drug-likeness (QED) is 0.717. The maximum absolute atomic E-state index is 5.86. The average molecular weight is 296 g/mol. The Labute approximate surface area is 127 Å². The summed E-state index contributed by atoms with van der Waals surface area (Å²) >= 11 is 0. The molecule has 21 heavy (non-hydrogen) atoms. The van der Waals surface area contributed by atoms with Crippen molar-refractivity contribution < 1.29 is 9.47 Å². The minimum absolute atomic E-state index is 0.254. The first-order valence-electron chi connectivity index (χ1n) is 7.75. The standard InChI is InChI=1S/C15H28N4O2/c1-13(2)19-5-7-21-15(11-19)10-18-9-14(17-12-18)8-16-4-6-20-3/h9,12-13,15-16H,4-8,10-11H2,1-3H3. The van der Waals surface area contributed by atoms with Gasteiger partial charge in [-0.1, -0.05) is 0 Å². The van der Waals surface area contributed by atoms with Gasteiger partial charge in [-0.25, -0.2) is 4.98 Å². The molecule has 6 nitrogen and oxygen atoms in total. The van der Waals surface area contributed by atoms with Gasteiger partial charge in [0.2, 0.25) is 0 Å². The predicted octanol–water partition coefficient (Wildman–Crippen LogP) is 0.728. The van der Waals surface area contributed by atoms with Crippen molar-refractivity contribution in [1.82, 2.24) is 19.8 Å². The van der Waals surface area contributed by atoms with Crippen molar-refractivity contribution in [3.63, 3.8) is 0 Å². The smallest absolute Gasteiger partial charge is 0.0950 e. The van der Waals surface area contributed by atoms with Gasteiger partial charge in [-0.2, -0.15) is 0 Å². The van der Waals surface area contributed by atoms with Crippen LogP contribution in [0.4, 0.5) is 0 Å². The van der Waals surface area contributed by atoms with Gasteiger partial charge in [0.1, 0.15) is 0 Å². The van der Waals surface area contributed by atoms with Crippen LogP contribution in [0.1, 0.15) is 19.5 Å². The molecule has 1 aromatic heterocycles. The summed E-state index contributed by atoms with van der Waals surface area (Å²) < 4.78 is 13.0. The summed E-state index contributed by atoms with van der Waals surface area (Å²) in [4.78, 5) is 6.89. The Morgan fingerprint density at radius 3 is 3.14 bits per heavy atom. The highest BCUT2D eigenvalue weighted by molar-refractivity contribution is 4.96. The molecule has 1 atom stereocenters. The topological polar surface area (TPSA) is 51.5 Å². The molecule has 6 heteroatoms. The van der Waals surface area contributed by atoms with E-state index < -0.39 is 0 Å². The summed E-state index contributed by atoms with van der Waals surface area (Å²) in [6.07, 6.45) is 4.24. The molecule has 0 aliphatic carbocycles. The number of imidazole rings is 1. The third-order valence-electron chi connectivity index (χ3n) is 3.79. The van der Waals surface area contributed by atoms with Gasteiger partial charge in [0.05, 0.1) is 37.9 Å². The van der Waals surface area contributed by atoms with E-state index in [1.165, 1.54) is 0 Å². The first-order chi connectivity index (χ1) is 10.2. The van der Waals surface area contributed by atoms with Crippen LogP contribution in [0.15, 0.2) is 12.5 Å². The maximum Gasteiger partial charge on any atom is 0.0950 e. The maximum atomic E-state index is 5.86. The third-order valence-corrected chi connectivity index (χ3v) is 3.79. The highest BCUT2D eigenvalue weighted by atomic mass is 16.5. The lowest BCUT2D eigenvalue weighted by atomic mass is 10.2. The summed E-state index contributed by atoms with van der Waals surface area (Å²) in [5.74, 6) is 0. The number of aromatic nitrogens is 2. The number of methoxy groups -OCH3 is 1. The van der Waals surface area contributed by atoms with Crippen molar-refractivity contribution in [3.8, 4) is 0 Å². The molecule has 1 aliphatic rings. The van der Waals surface area contributed by atoms with Gasteiger partial charge in [-0.3, -0.25) is 4.90 Å². The Balaban J connectivity index is 1.76. The number of rotatable bonds is 8. The van der Waals surface area contributed by atoms with E-state index in [1.54, 1.807) is 7.11 Å². The lowest BCUT2D eigenvalue weighted by Crippen LogP contribution is -2.47. The monoisotopic (exact) mass is 296 g/mol. The fourth-order valence-corrected chi connectivity index (χ4v) is 2.54.